The number of carbonyl (C=O) groups is 1. The van der Waals surface area contributed by atoms with Crippen molar-refractivity contribution in [1.82, 2.24) is 9.47 Å². The van der Waals surface area contributed by atoms with Gasteiger partial charge in [0.15, 0.2) is 0 Å². The molecule has 0 radical (unpaired) electrons. The Hall–Kier alpha value is -2.95. The molecule has 1 aliphatic rings. The number of hydrogen-bond donors (Lipinski definition) is 0. The van der Waals surface area contributed by atoms with E-state index in [1.165, 1.54) is 11.3 Å². The largest absolute Gasteiger partial charge is 0.494 e. The maximum Gasteiger partial charge on any atom is 0.270 e. The molecule has 0 atom stereocenters. The first-order valence-electron chi connectivity index (χ1n) is 10.9. The van der Waals surface area contributed by atoms with E-state index in [0.29, 0.717) is 6.61 Å². The van der Waals surface area contributed by atoms with Crippen LogP contribution in [0.4, 0.5) is 5.69 Å². The van der Waals surface area contributed by atoms with Gasteiger partial charge in [0.05, 0.1) is 6.61 Å². The lowest BCUT2D eigenvalue weighted by atomic mass is 10.1. The number of amides is 1. The van der Waals surface area contributed by atoms with Crippen LogP contribution in [0.15, 0.2) is 42.5 Å². The van der Waals surface area contributed by atoms with Crippen molar-refractivity contribution in [3.05, 3.63) is 59.3 Å². The molecule has 2 heterocycles. The van der Waals surface area contributed by atoms with Gasteiger partial charge in [-0.1, -0.05) is 12.1 Å². The summed E-state index contributed by atoms with van der Waals surface area (Å²) in [7, 11) is 0. The molecule has 1 aliphatic heterocycles. The molecule has 158 valence electrons. The van der Waals surface area contributed by atoms with Crippen molar-refractivity contribution in [2.45, 2.75) is 34.2 Å². The zero-order chi connectivity index (χ0) is 21.3. The van der Waals surface area contributed by atoms with Gasteiger partial charge in [0.1, 0.15) is 11.4 Å². The van der Waals surface area contributed by atoms with Crippen LogP contribution >= 0.6 is 0 Å². The number of piperazine rings is 1. The van der Waals surface area contributed by atoms with E-state index in [9.17, 15) is 4.79 Å². The summed E-state index contributed by atoms with van der Waals surface area (Å²) >= 11 is 0. The van der Waals surface area contributed by atoms with Crippen LogP contribution in [0.3, 0.4) is 0 Å². The van der Waals surface area contributed by atoms with E-state index >= 15 is 0 Å². The molecule has 1 saturated heterocycles. The van der Waals surface area contributed by atoms with Gasteiger partial charge in [0.25, 0.3) is 5.91 Å². The number of aryl methyl sites for hydroxylation is 3. The highest BCUT2D eigenvalue weighted by Crippen LogP contribution is 2.30. The smallest absolute Gasteiger partial charge is 0.270 e. The Balaban J connectivity index is 1.58. The van der Waals surface area contributed by atoms with Crippen molar-refractivity contribution in [3.8, 4) is 5.75 Å². The summed E-state index contributed by atoms with van der Waals surface area (Å²) < 4.78 is 7.83. The highest BCUT2D eigenvalue weighted by atomic mass is 16.5. The predicted molar refractivity (Wildman–Crippen MR) is 123 cm³/mol. The first-order valence-corrected chi connectivity index (χ1v) is 10.9. The molecule has 0 N–H and O–H groups in total. The molecule has 3 aromatic rings. The van der Waals surface area contributed by atoms with Gasteiger partial charge in [-0.3, -0.25) is 4.79 Å². The number of fused-ring (bicyclic) bond motifs is 1. The van der Waals surface area contributed by atoms with E-state index in [1.54, 1.807) is 0 Å². The first kappa shape index (κ1) is 20.3. The van der Waals surface area contributed by atoms with E-state index < -0.39 is 0 Å². The summed E-state index contributed by atoms with van der Waals surface area (Å²) in [6.07, 6.45) is 0. The molecule has 1 fully saturated rings. The summed E-state index contributed by atoms with van der Waals surface area (Å²) in [4.78, 5) is 17.9. The van der Waals surface area contributed by atoms with Crippen molar-refractivity contribution in [1.29, 1.82) is 0 Å². The van der Waals surface area contributed by atoms with Gasteiger partial charge in [0, 0.05) is 49.3 Å². The van der Waals surface area contributed by atoms with Crippen LogP contribution in [0, 0.1) is 13.8 Å². The second kappa shape index (κ2) is 8.42. The molecule has 5 heteroatoms. The number of rotatable bonds is 5. The van der Waals surface area contributed by atoms with E-state index in [1.807, 2.05) is 17.9 Å². The molecule has 0 unspecified atom stereocenters. The molecule has 4 rings (SSSR count). The fraction of sp³-hybridized carbons (Fsp3) is 0.400. The minimum atomic E-state index is 0.132. The molecule has 30 heavy (non-hydrogen) atoms. The quantitative estimate of drug-likeness (QED) is 0.621. The average molecular weight is 406 g/mol. The standard InChI is InChI=1S/C25H31N3O2/c1-5-28-23-11-10-21(30-6-2)17-22(23)19(4)24(28)25(29)27-14-12-26(13-15-27)20-9-7-8-18(3)16-20/h7-11,16-17H,5-6,12-15H2,1-4H3. The van der Waals surface area contributed by atoms with Crippen LogP contribution in [0.5, 0.6) is 5.75 Å². The number of aromatic nitrogens is 1. The molecule has 5 nitrogen and oxygen atoms in total. The van der Waals surface area contributed by atoms with Gasteiger partial charge in [-0.05, 0) is 69.2 Å². The summed E-state index contributed by atoms with van der Waals surface area (Å²) in [5, 5.41) is 1.10. The summed E-state index contributed by atoms with van der Waals surface area (Å²) in [5.74, 6) is 0.986. The normalized spacial score (nSPS) is 14.4. The number of ether oxygens (including phenoxy) is 1. The average Bonchev–Trinajstić information content (AvgIpc) is 3.05. The van der Waals surface area contributed by atoms with Crippen LogP contribution in [0.25, 0.3) is 10.9 Å². The van der Waals surface area contributed by atoms with Crippen LogP contribution in [0.1, 0.15) is 35.5 Å². The lowest BCUT2D eigenvalue weighted by Crippen LogP contribution is -2.49. The summed E-state index contributed by atoms with van der Waals surface area (Å²) in [6, 6.07) is 14.7. The minimum Gasteiger partial charge on any atom is -0.494 e. The molecule has 2 aromatic carbocycles. The molecule has 1 amide bonds. The van der Waals surface area contributed by atoms with Gasteiger partial charge in [-0.25, -0.2) is 0 Å². The molecule has 0 saturated carbocycles. The number of benzene rings is 2. The van der Waals surface area contributed by atoms with Crippen molar-refractivity contribution < 1.29 is 9.53 Å². The Morgan fingerprint density at radius 2 is 1.77 bits per heavy atom. The van der Waals surface area contributed by atoms with E-state index in [-0.39, 0.29) is 5.91 Å². The third-order valence-corrected chi connectivity index (χ3v) is 6.05. The Labute approximate surface area is 178 Å². The fourth-order valence-corrected chi connectivity index (χ4v) is 4.50. The zero-order valence-electron chi connectivity index (χ0n) is 18.4. The predicted octanol–water partition coefficient (Wildman–Crippen LogP) is 4.64. The second-order valence-electron chi connectivity index (χ2n) is 7.95. The van der Waals surface area contributed by atoms with Gasteiger partial charge in [-0.15, -0.1) is 0 Å². The van der Waals surface area contributed by atoms with E-state index in [2.05, 4.69) is 66.6 Å². The highest BCUT2D eigenvalue weighted by molar-refractivity contribution is 6.02. The van der Waals surface area contributed by atoms with Gasteiger partial charge in [-0.2, -0.15) is 0 Å². The maximum atomic E-state index is 13.5. The lowest BCUT2D eigenvalue weighted by Gasteiger charge is -2.36. The summed E-state index contributed by atoms with van der Waals surface area (Å²) in [6.45, 7) is 12.8. The van der Waals surface area contributed by atoms with Crippen LogP contribution < -0.4 is 9.64 Å². The summed E-state index contributed by atoms with van der Waals surface area (Å²) in [5.41, 5.74) is 5.45. The molecule has 1 aromatic heterocycles. The molecule has 0 aliphatic carbocycles. The van der Waals surface area contributed by atoms with Gasteiger partial charge < -0.3 is 19.1 Å². The number of nitrogens with zero attached hydrogens (tertiary/aromatic N) is 3. The Morgan fingerprint density at radius 1 is 1.00 bits per heavy atom. The molecular weight excluding hydrogens is 374 g/mol. The lowest BCUT2D eigenvalue weighted by molar-refractivity contribution is 0.0735. The third kappa shape index (κ3) is 3.64. The number of anilines is 1. The van der Waals surface area contributed by atoms with Crippen molar-refractivity contribution in [3.63, 3.8) is 0 Å². The second-order valence-corrected chi connectivity index (χ2v) is 7.95. The third-order valence-electron chi connectivity index (χ3n) is 6.05. The van der Waals surface area contributed by atoms with Gasteiger partial charge >= 0.3 is 0 Å². The topological polar surface area (TPSA) is 37.7 Å². The van der Waals surface area contributed by atoms with E-state index in [4.69, 9.17) is 4.74 Å². The minimum absolute atomic E-state index is 0.132. The van der Waals surface area contributed by atoms with Crippen LogP contribution in [0.2, 0.25) is 0 Å². The number of hydrogen-bond acceptors (Lipinski definition) is 3. The van der Waals surface area contributed by atoms with E-state index in [0.717, 1.165) is 60.6 Å². The number of carbonyl (C=O) groups excluding carboxylic acids is 1. The van der Waals surface area contributed by atoms with Crippen LogP contribution in [-0.4, -0.2) is 48.2 Å². The first-order chi connectivity index (χ1) is 14.5. The van der Waals surface area contributed by atoms with Crippen LogP contribution in [-0.2, 0) is 6.54 Å². The SMILES string of the molecule is CCOc1ccc2c(c1)c(C)c(C(=O)N1CCN(c3cccc(C)c3)CC1)n2CC. The maximum absolute atomic E-state index is 13.5. The fourth-order valence-electron chi connectivity index (χ4n) is 4.50. The van der Waals surface area contributed by atoms with Crippen molar-refractivity contribution >= 4 is 22.5 Å². The molecule has 0 bridgehead atoms. The zero-order valence-corrected chi connectivity index (χ0v) is 18.4. The van der Waals surface area contributed by atoms with Crippen molar-refractivity contribution in [2.75, 3.05) is 37.7 Å². The monoisotopic (exact) mass is 405 g/mol. The van der Waals surface area contributed by atoms with Crippen molar-refractivity contribution in [2.24, 2.45) is 0 Å². The Morgan fingerprint density at radius 3 is 2.43 bits per heavy atom. The molecular formula is C25H31N3O2. The highest BCUT2D eigenvalue weighted by Gasteiger charge is 2.27. The molecule has 0 spiro atoms. The Bertz CT molecular complexity index is 1060. The van der Waals surface area contributed by atoms with Gasteiger partial charge in [0.2, 0.25) is 0 Å². The Kier molecular flexibility index (Phi) is 5.71.